The van der Waals surface area contributed by atoms with E-state index < -0.39 is 0 Å². The lowest BCUT2D eigenvalue weighted by Gasteiger charge is -2.13. The van der Waals surface area contributed by atoms with Crippen LogP contribution in [0.25, 0.3) is 0 Å². The second-order valence-corrected chi connectivity index (χ2v) is 4.66. The van der Waals surface area contributed by atoms with Crippen molar-refractivity contribution in [3.8, 4) is 0 Å². The van der Waals surface area contributed by atoms with Gasteiger partial charge >= 0.3 is 5.97 Å². The van der Waals surface area contributed by atoms with E-state index in [1.165, 1.54) is 5.56 Å². The Morgan fingerprint density at radius 1 is 1.14 bits per heavy atom. The molecule has 0 aliphatic rings. The second kappa shape index (κ2) is 6.79. The molecular weight excluding hydrogens is 264 g/mol. The molecule has 0 aliphatic carbocycles. The number of rotatable bonds is 5. The number of benzene rings is 2. The highest BCUT2D eigenvalue weighted by Gasteiger charge is 2.09. The predicted octanol–water partition coefficient (Wildman–Crippen LogP) is 3.75. The Morgan fingerprint density at radius 2 is 1.90 bits per heavy atom. The number of carbonyl (C=O) groups is 1. The number of esters is 1. The minimum Gasteiger partial charge on any atom is -0.462 e. The van der Waals surface area contributed by atoms with Gasteiger partial charge in [0.15, 0.2) is 0 Å². The molecule has 0 aromatic heterocycles. The van der Waals surface area contributed by atoms with Crippen molar-refractivity contribution in [2.24, 2.45) is 0 Å². The summed E-state index contributed by atoms with van der Waals surface area (Å²) in [5.41, 5.74) is 10.0. The van der Waals surface area contributed by atoms with Gasteiger partial charge in [-0.2, -0.15) is 0 Å². The van der Waals surface area contributed by atoms with Gasteiger partial charge < -0.3 is 15.8 Å². The standard InChI is InChI=1S/C17H20N2O2/c1-3-12-7-5-6-8-15(12)19-16-10-9-13(11-14(16)18)17(20)21-4-2/h5-11,19H,3-4,18H2,1-2H3. The third kappa shape index (κ3) is 3.54. The fraction of sp³-hybridized carbons (Fsp3) is 0.235. The largest absolute Gasteiger partial charge is 0.462 e. The Hall–Kier alpha value is -2.49. The zero-order valence-electron chi connectivity index (χ0n) is 12.3. The van der Waals surface area contributed by atoms with Crippen molar-refractivity contribution in [3.05, 3.63) is 53.6 Å². The van der Waals surface area contributed by atoms with Crippen molar-refractivity contribution >= 4 is 23.0 Å². The number of aryl methyl sites for hydroxylation is 1. The van der Waals surface area contributed by atoms with Gasteiger partial charge in [0.25, 0.3) is 0 Å². The van der Waals surface area contributed by atoms with Gasteiger partial charge in [0.05, 0.1) is 23.5 Å². The van der Waals surface area contributed by atoms with Gasteiger partial charge in [0, 0.05) is 5.69 Å². The Bertz CT molecular complexity index is 638. The van der Waals surface area contributed by atoms with Crippen molar-refractivity contribution in [1.82, 2.24) is 0 Å². The average Bonchev–Trinajstić information content (AvgIpc) is 2.50. The minimum atomic E-state index is -0.357. The van der Waals surface area contributed by atoms with Gasteiger partial charge in [-0.15, -0.1) is 0 Å². The van der Waals surface area contributed by atoms with Crippen LogP contribution in [0.1, 0.15) is 29.8 Å². The number of hydrogen-bond donors (Lipinski definition) is 2. The Labute approximate surface area is 124 Å². The van der Waals surface area contributed by atoms with Crippen LogP contribution in [0, 0.1) is 0 Å². The lowest BCUT2D eigenvalue weighted by atomic mass is 10.1. The number of nitrogens with two attached hydrogens (primary N) is 1. The van der Waals surface area contributed by atoms with Crippen LogP contribution in [0.2, 0.25) is 0 Å². The van der Waals surface area contributed by atoms with E-state index >= 15 is 0 Å². The molecule has 2 rings (SSSR count). The summed E-state index contributed by atoms with van der Waals surface area (Å²) in [4.78, 5) is 11.7. The summed E-state index contributed by atoms with van der Waals surface area (Å²) in [7, 11) is 0. The van der Waals surface area contributed by atoms with E-state index in [-0.39, 0.29) is 5.97 Å². The topological polar surface area (TPSA) is 64.3 Å². The van der Waals surface area contributed by atoms with E-state index in [1.54, 1.807) is 25.1 Å². The third-order valence-electron chi connectivity index (χ3n) is 3.23. The lowest BCUT2D eigenvalue weighted by Crippen LogP contribution is -2.06. The molecule has 0 radical (unpaired) electrons. The van der Waals surface area contributed by atoms with Crippen LogP contribution < -0.4 is 11.1 Å². The zero-order valence-corrected chi connectivity index (χ0v) is 12.3. The molecule has 0 fully saturated rings. The fourth-order valence-corrected chi connectivity index (χ4v) is 2.11. The highest BCUT2D eigenvalue weighted by atomic mass is 16.5. The molecule has 0 saturated carbocycles. The van der Waals surface area contributed by atoms with Crippen molar-refractivity contribution in [1.29, 1.82) is 0 Å². The molecule has 0 saturated heterocycles. The number of carbonyl (C=O) groups excluding carboxylic acids is 1. The lowest BCUT2D eigenvalue weighted by molar-refractivity contribution is 0.0526. The highest BCUT2D eigenvalue weighted by molar-refractivity contribution is 5.92. The highest BCUT2D eigenvalue weighted by Crippen LogP contribution is 2.26. The molecule has 0 bridgehead atoms. The predicted molar refractivity (Wildman–Crippen MR) is 85.9 cm³/mol. The van der Waals surface area contributed by atoms with Gasteiger partial charge in [-0.05, 0) is 43.2 Å². The fourth-order valence-electron chi connectivity index (χ4n) is 2.11. The second-order valence-electron chi connectivity index (χ2n) is 4.66. The van der Waals surface area contributed by atoms with E-state index in [0.29, 0.717) is 17.9 Å². The van der Waals surface area contributed by atoms with Crippen LogP contribution in [0.5, 0.6) is 0 Å². The summed E-state index contributed by atoms with van der Waals surface area (Å²) in [6.45, 7) is 4.23. The molecule has 0 amide bonds. The number of nitrogen functional groups attached to an aromatic ring is 1. The van der Waals surface area contributed by atoms with Crippen LogP contribution in [-0.2, 0) is 11.2 Å². The van der Waals surface area contributed by atoms with Gasteiger partial charge in [-0.1, -0.05) is 25.1 Å². The monoisotopic (exact) mass is 284 g/mol. The maximum Gasteiger partial charge on any atom is 0.338 e. The molecule has 2 aromatic rings. The van der Waals surface area contributed by atoms with Crippen molar-refractivity contribution < 1.29 is 9.53 Å². The van der Waals surface area contributed by atoms with Gasteiger partial charge in [0.2, 0.25) is 0 Å². The average molecular weight is 284 g/mol. The summed E-state index contributed by atoms with van der Waals surface area (Å²) >= 11 is 0. The van der Waals surface area contributed by atoms with E-state index in [4.69, 9.17) is 10.5 Å². The molecule has 21 heavy (non-hydrogen) atoms. The van der Waals surface area contributed by atoms with Crippen LogP contribution in [-0.4, -0.2) is 12.6 Å². The summed E-state index contributed by atoms with van der Waals surface area (Å²) in [5, 5.41) is 3.31. The molecule has 3 N–H and O–H groups in total. The first-order valence-electron chi connectivity index (χ1n) is 7.07. The number of nitrogens with one attached hydrogen (secondary N) is 1. The minimum absolute atomic E-state index is 0.350. The molecule has 0 aliphatic heterocycles. The molecule has 0 unspecified atom stereocenters. The first-order chi connectivity index (χ1) is 10.2. The van der Waals surface area contributed by atoms with Crippen LogP contribution in [0.3, 0.4) is 0 Å². The SMILES string of the molecule is CCOC(=O)c1ccc(Nc2ccccc2CC)c(N)c1. The quantitative estimate of drug-likeness (QED) is 0.648. The van der Waals surface area contributed by atoms with E-state index in [0.717, 1.165) is 17.8 Å². The molecule has 0 spiro atoms. The van der Waals surface area contributed by atoms with Crippen LogP contribution in [0.15, 0.2) is 42.5 Å². The van der Waals surface area contributed by atoms with E-state index in [2.05, 4.69) is 18.3 Å². The Kier molecular flexibility index (Phi) is 4.82. The summed E-state index contributed by atoms with van der Waals surface area (Å²) in [6, 6.07) is 13.2. The maximum atomic E-state index is 11.7. The number of para-hydroxylation sites is 1. The van der Waals surface area contributed by atoms with E-state index in [1.807, 2.05) is 18.2 Å². The maximum absolute atomic E-state index is 11.7. The van der Waals surface area contributed by atoms with Crippen molar-refractivity contribution in [2.75, 3.05) is 17.7 Å². The zero-order chi connectivity index (χ0) is 15.2. The van der Waals surface area contributed by atoms with E-state index in [9.17, 15) is 4.79 Å². The van der Waals surface area contributed by atoms with Crippen molar-refractivity contribution in [2.45, 2.75) is 20.3 Å². The normalized spacial score (nSPS) is 10.2. The number of anilines is 3. The first kappa shape index (κ1) is 14.9. The molecular formula is C17H20N2O2. The first-order valence-corrected chi connectivity index (χ1v) is 7.07. The number of ether oxygens (including phenoxy) is 1. The molecule has 110 valence electrons. The number of hydrogen-bond acceptors (Lipinski definition) is 4. The van der Waals surface area contributed by atoms with Gasteiger partial charge in [-0.3, -0.25) is 0 Å². The summed E-state index contributed by atoms with van der Waals surface area (Å²) in [6.07, 6.45) is 0.935. The van der Waals surface area contributed by atoms with Gasteiger partial charge in [-0.25, -0.2) is 4.79 Å². The summed E-state index contributed by atoms with van der Waals surface area (Å²) < 4.78 is 4.96. The molecule has 2 aromatic carbocycles. The molecule has 4 nitrogen and oxygen atoms in total. The Balaban J connectivity index is 2.23. The molecule has 4 heteroatoms. The third-order valence-corrected chi connectivity index (χ3v) is 3.23. The smallest absolute Gasteiger partial charge is 0.338 e. The van der Waals surface area contributed by atoms with Crippen LogP contribution in [0.4, 0.5) is 17.1 Å². The molecule has 0 atom stereocenters. The van der Waals surface area contributed by atoms with Gasteiger partial charge in [0.1, 0.15) is 0 Å². The van der Waals surface area contributed by atoms with Crippen LogP contribution >= 0.6 is 0 Å². The molecule has 0 heterocycles. The van der Waals surface area contributed by atoms with Crippen molar-refractivity contribution in [3.63, 3.8) is 0 Å². The summed E-state index contributed by atoms with van der Waals surface area (Å²) in [5.74, 6) is -0.357. The Morgan fingerprint density at radius 3 is 2.57 bits per heavy atom.